The monoisotopic (exact) mass is 201 g/mol. The lowest BCUT2D eigenvalue weighted by Crippen LogP contribution is -2.23. The van der Waals surface area contributed by atoms with Crippen LogP contribution in [0.1, 0.15) is 25.3 Å². The summed E-state index contributed by atoms with van der Waals surface area (Å²) in [7, 11) is 0. The minimum atomic E-state index is -0.853. The lowest BCUT2D eigenvalue weighted by molar-refractivity contribution is 0.0355. The molecular weight excluding hydrogens is 186 g/mol. The number of hydrogen-bond acceptors (Lipinski definition) is 2. The molecule has 0 spiro atoms. The average Bonchev–Trinajstić information content (AvgIpc) is 2.30. The number of allylic oxidation sites excluding steroid dienone is 1. The maximum absolute atomic E-state index is 10.4. The molecule has 1 N–H and O–H groups in total. The molecular formula is C13H15NO. The molecule has 2 nitrogen and oxygen atoms in total. The molecule has 15 heavy (non-hydrogen) atoms. The van der Waals surface area contributed by atoms with Gasteiger partial charge in [-0.1, -0.05) is 43.3 Å². The first-order chi connectivity index (χ1) is 7.23. The summed E-state index contributed by atoms with van der Waals surface area (Å²) >= 11 is 0. The van der Waals surface area contributed by atoms with Crippen LogP contribution in [-0.4, -0.2) is 5.11 Å². The molecule has 0 fully saturated rings. The van der Waals surface area contributed by atoms with Crippen LogP contribution in [0, 0.1) is 11.3 Å². The molecule has 2 heteroatoms. The minimum Gasteiger partial charge on any atom is -0.385 e. The van der Waals surface area contributed by atoms with Crippen LogP contribution in [0.5, 0.6) is 0 Å². The molecule has 0 unspecified atom stereocenters. The molecule has 0 aliphatic heterocycles. The van der Waals surface area contributed by atoms with E-state index in [2.05, 4.69) is 0 Å². The third-order valence-electron chi connectivity index (χ3n) is 2.54. The van der Waals surface area contributed by atoms with Gasteiger partial charge in [-0.2, -0.15) is 5.26 Å². The molecule has 1 aromatic carbocycles. The normalized spacial score (nSPS) is 14.7. The Bertz CT molecular complexity index is 364. The lowest BCUT2D eigenvalue weighted by Gasteiger charge is -2.25. The summed E-state index contributed by atoms with van der Waals surface area (Å²) in [6, 6.07) is 11.5. The predicted octanol–water partition coefficient (Wildman–Crippen LogP) is 2.75. The van der Waals surface area contributed by atoms with E-state index in [0.29, 0.717) is 12.8 Å². The van der Waals surface area contributed by atoms with Crippen molar-refractivity contribution in [1.82, 2.24) is 0 Å². The van der Waals surface area contributed by atoms with Gasteiger partial charge in [-0.05, 0) is 18.4 Å². The molecule has 1 aromatic rings. The van der Waals surface area contributed by atoms with Gasteiger partial charge in [0.2, 0.25) is 0 Å². The first-order valence-corrected chi connectivity index (χ1v) is 5.05. The Balaban J connectivity index is 2.86. The molecule has 0 aromatic heterocycles. The highest BCUT2D eigenvalue weighted by Gasteiger charge is 2.24. The zero-order chi connectivity index (χ0) is 11.1. The second-order valence-corrected chi connectivity index (χ2v) is 3.49. The molecule has 1 atom stereocenters. The van der Waals surface area contributed by atoms with Gasteiger partial charge in [-0.3, -0.25) is 0 Å². The lowest BCUT2D eigenvalue weighted by atomic mass is 9.88. The van der Waals surface area contributed by atoms with Crippen molar-refractivity contribution in [3.63, 3.8) is 0 Å². The van der Waals surface area contributed by atoms with Crippen molar-refractivity contribution in [2.24, 2.45) is 0 Å². The van der Waals surface area contributed by atoms with Crippen molar-refractivity contribution in [3.05, 3.63) is 48.0 Å². The first kappa shape index (κ1) is 11.5. The molecule has 0 bridgehead atoms. The Hall–Kier alpha value is -1.59. The molecule has 0 heterocycles. The Morgan fingerprint density at radius 2 is 2.07 bits per heavy atom. The summed E-state index contributed by atoms with van der Waals surface area (Å²) in [5.74, 6) is 0. The van der Waals surface area contributed by atoms with Crippen molar-refractivity contribution >= 4 is 0 Å². The Labute approximate surface area is 90.5 Å². The maximum atomic E-state index is 10.4. The second-order valence-electron chi connectivity index (χ2n) is 3.49. The third kappa shape index (κ3) is 2.93. The van der Waals surface area contributed by atoms with Crippen LogP contribution in [0.15, 0.2) is 42.5 Å². The number of rotatable bonds is 4. The van der Waals surface area contributed by atoms with Crippen molar-refractivity contribution < 1.29 is 5.11 Å². The molecule has 0 aliphatic carbocycles. The van der Waals surface area contributed by atoms with E-state index in [1.165, 1.54) is 6.08 Å². The third-order valence-corrected chi connectivity index (χ3v) is 2.54. The fourth-order valence-electron chi connectivity index (χ4n) is 1.52. The van der Waals surface area contributed by atoms with Crippen LogP contribution < -0.4 is 0 Å². The van der Waals surface area contributed by atoms with Crippen LogP contribution >= 0.6 is 0 Å². The summed E-state index contributed by atoms with van der Waals surface area (Å²) in [4.78, 5) is 0. The van der Waals surface area contributed by atoms with Crippen LogP contribution in [0.3, 0.4) is 0 Å². The van der Waals surface area contributed by atoms with E-state index < -0.39 is 5.60 Å². The van der Waals surface area contributed by atoms with Crippen molar-refractivity contribution in [2.75, 3.05) is 0 Å². The number of benzene rings is 1. The molecule has 0 radical (unpaired) electrons. The Morgan fingerprint density at radius 1 is 1.40 bits per heavy atom. The highest BCUT2D eigenvalue weighted by molar-refractivity contribution is 5.23. The zero-order valence-electron chi connectivity index (χ0n) is 8.85. The van der Waals surface area contributed by atoms with Gasteiger partial charge in [-0.15, -0.1) is 0 Å². The average molecular weight is 201 g/mol. The molecule has 0 amide bonds. The van der Waals surface area contributed by atoms with Gasteiger partial charge in [0, 0.05) is 6.08 Å². The van der Waals surface area contributed by atoms with E-state index in [0.717, 1.165) is 5.56 Å². The van der Waals surface area contributed by atoms with E-state index in [1.54, 1.807) is 6.08 Å². The highest BCUT2D eigenvalue weighted by atomic mass is 16.3. The van der Waals surface area contributed by atoms with Crippen LogP contribution in [0.2, 0.25) is 0 Å². The van der Waals surface area contributed by atoms with Crippen LogP contribution in [-0.2, 0) is 5.60 Å². The van der Waals surface area contributed by atoms with Gasteiger partial charge in [0.25, 0.3) is 0 Å². The van der Waals surface area contributed by atoms with E-state index in [4.69, 9.17) is 5.26 Å². The summed E-state index contributed by atoms with van der Waals surface area (Å²) in [6.07, 6.45) is 4.22. The molecule has 78 valence electrons. The zero-order valence-corrected chi connectivity index (χ0v) is 8.85. The van der Waals surface area contributed by atoms with Crippen LogP contribution in [0.25, 0.3) is 0 Å². The smallest absolute Gasteiger partial charge is 0.0928 e. The van der Waals surface area contributed by atoms with Gasteiger partial charge in [-0.25, -0.2) is 0 Å². The van der Waals surface area contributed by atoms with E-state index >= 15 is 0 Å². The van der Waals surface area contributed by atoms with Gasteiger partial charge in [0.15, 0.2) is 0 Å². The van der Waals surface area contributed by atoms with Gasteiger partial charge in [0.05, 0.1) is 11.7 Å². The van der Waals surface area contributed by atoms with Gasteiger partial charge in [0.1, 0.15) is 0 Å². The predicted molar refractivity (Wildman–Crippen MR) is 60.0 cm³/mol. The largest absolute Gasteiger partial charge is 0.385 e. The van der Waals surface area contributed by atoms with Crippen molar-refractivity contribution in [3.8, 4) is 6.07 Å². The minimum absolute atomic E-state index is 0.473. The fourth-order valence-corrected chi connectivity index (χ4v) is 1.52. The standard InChI is InChI=1S/C13H15NO/c1-2-13(15,10-6-7-11-14)12-8-4-3-5-9-12/h3-9,15H,2,10H2,1H3/b7-6-/t13-/m0/s1. The molecule has 1 rings (SSSR count). The van der Waals surface area contributed by atoms with Crippen molar-refractivity contribution in [1.29, 1.82) is 5.26 Å². The van der Waals surface area contributed by atoms with E-state index in [1.807, 2.05) is 43.3 Å². The van der Waals surface area contributed by atoms with Gasteiger partial charge >= 0.3 is 0 Å². The summed E-state index contributed by atoms with van der Waals surface area (Å²) in [5.41, 5.74) is 0.0457. The quantitative estimate of drug-likeness (QED) is 0.761. The summed E-state index contributed by atoms with van der Waals surface area (Å²) in [6.45, 7) is 1.94. The topological polar surface area (TPSA) is 44.0 Å². The number of nitrogens with zero attached hydrogens (tertiary/aromatic N) is 1. The second kappa shape index (κ2) is 5.33. The summed E-state index contributed by atoms with van der Waals surface area (Å²) in [5, 5.41) is 18.7. The molecule has 0 saturated carbocycles. The first-order valence-electron chi connectivity index (χ1n) is 5.05. The van der Waals surface area contributed by atoms with E-state index in [9.17, 15) is 5.11 Å². The SMILES string of the molecule is CC[C@](O)(C/C=C\C#N)c1ccccc1. The Morgan fingerprint density at radius 3 is 2.60 bits per heavy atom. The number of hydrogen-bond donors (Lipinski definition) is 1. The highest BCUT2D eigenvalue weighted by Crippen LogP contribution is 2.28. The molecule has 0 aliphatic rings. The van der Waals surface area contributed by atoms with E-state index in [-0.39, 0.29) is 0 Å². The molecule has 0 saturated heterocycles. The Kier molecular flexibility index (Phi) is 4.08. The van der Waals surface area contributed by atoms with Gasteiger partial charge < -0.3 is 5.11 Å². The summed E-state index contributed by atoms with van der Waals surface area (Å²) < 4.78 is 0. The fraction of sp³-hybridized carbons (Fsp3) is 0.308. The van der Waals surface area contributed by atoms with Crippen molar-refractivity contribution in [2.45, 2.75) is 25.4 Å². The number of aliphatic hydroxyl groups is 1. The maximum Gasteiger partial charge on any atom is 0.0928 e. The number of nitriles is 1. The van der Waals surface area contributed by atoms with Crippen LogP contribution in [0.4, 0.5) is 0 Å².